The molecule has 0 aliphatic carbocycles. The Morgan fingerprint density at radius 3 is 2.22 bits per heavy atom. The van der Waals surface area contributed by atoms with Gasteiger partial charge in [0, 0.05) is 12.2 Å². The number of amides is 3. The van der Waals surface area contributed by atoms with Gasteiger partial charge in [0.2, 0.25) is 5.91 Å². The number of rotatable bonds is 5. The highest BCUT2D eigenvalue weighted by Crippen LogP contribution is 2.03. The van der Waals surface area contributed by atoms with E-state index in [-0.39, 0.29) is 0 Å². The number of imide groups is 1. The fourth-order valence-electron chi connectivity index (χ4n) is 1.34. The summed E-state index contributed by atoms with van der Waals surface area (Å²) in [5.74, 6) is -3.53. The maximum atomic E-state index is 11.4. The van der Waals surface area contributed by atoms with Gasteiger partial charge in [0.1, 0.15) is 6.54 Å². The number of aliphatic carboxylic acids is 1. The minimum absolute atomic E-state index is 0.582. The highest BCUT2D eigenvalue weighted by Gasteiger charge is 2.29. The molecule has 0 aromatic carbocycles. The second-order valence-electron chi connectivity index (χ2n) is 3.72. The van der Waals surface area contributed by atoms with Gasteiger partial charge in [0.25, 0.3) is 11.8 Å². The number of carboxylic acids is 1. The van der Waals surface area contributed by atoms with Gasteiger partial charge >= 0.3 is 5.97 Å². The van der Waals surface area contributed by atoms with Crippen LogP contribution in [0.5, 0.6) is 0 Å². The number of nitrogens with one attached hydrogen (secondary N) is 1. The molecule has 3 amide bonds. The van der Waals surface area contributed by atoms with Crippen LogP contribution in [-0.2, 0) is 19.2 Å². The van der Waals surface area contributed by atoms with Crippen molar-refractivity contribution in [3.05, 3.63) is 12.2 Å². The summed E-state index contributed by atoms with van der Waals surface area (Å²) in [7, 11) is 0. The third kappa shape index (κ3) is 3.14. The molecular weight excluding hydrogens is 244 g/mol. The lowest BCUT2D eigenvalue weighted by Gasteiger charge is -2.19. The summed E-state index contributed by atoms with van der Waals surface area (Å²) < 4.78 is 0. The minimum atomic E-state index is -1.49. The number of carbonyl (C=O) groups excluding carboxylic acids is 3. The van der Waals surface area contributed by atoms with Crippen molar-refractivity contribution in [1.29, 1.82) is 0 Å². The molecule has 0 fully saturated rings. The molecule has 1 rings (SSSR count). The van der Waals surface area contributed by atoms with Gasteiger partial charge in [-0.25, -0.2) is 4.79 Å². The summed E-state index contributed by atoms with van der Waals surface area (Å²) in [6.07, 6.45) is 0.729. The first-order chi connectivity index (χ1) is 8.32. The van der Waals surface area contributed by atoms with E-state index in [9.17, 15) is 19.2 Å². The van der Waals surface area contributed by atoms with Crippen LogP contribution in [0.15, 0.2) is 12.2 Å². The minimum Gasteiger partial charge on any atom is -0.480 e. The molecule has 0 bridgehead atoms. The topological polar surface area (TPSA) is 124 Å². The molecule has 0 aromatic heterocycles. The molecule has 1 heterocycles. The molecule has 8 heteroatoms. The van der Waals surface area contributed by atoms with Gasteiger partial charge in [-0.05, 0) is 6.92 Å². The Hall–Kier alpha value is -2.22. The maximum Gasteiger partial charge on any atom is 0.328 e. The highest BCUT2D eigenvalue weighted by atomic mass is 16.4. The van der Waals surface area contributed by atoms with Crippen LogP contribution in [-0.4, -0.2) is 57.5 Å². The zero-order chi connectivity index (χ0) is 13.9. The van der Waals surface area contributed by atoms with Crippen molar-refractivity contribution >= 4 is 23.7 Å². The molecule has 0 spiro atoms. The lowest BCUT2D eigenvalue weighted by Crippen LogP contribution is -2.51. The van der Waals surface area contributed by atoms with Crippen LogP contribution < -0.4 is 5.32 Å². The van der Waals surface area contributed by atoms with Crippen LogP contribution in [0.1, 0.15) is 6.92 Å². The van der Waals surface area contributed by atoms with Gasteiger partial charge in [0.15, 0.2) is 6.04 Å². The second kappa shape index (κ2) is 5.41. The zero-order valence-electron chi connectivity index (χ0n) is 9.49. The van der Waals surface area contributed by atoms with Crippen LogP contribution in [0.25, 0.3) is 0 Å². The van der Waals surface area contributed by atoms with E-state index >= 15 is 0 Å². The Morgan fingerprint density at radius 2 is 1.83 bits per heavy atom. The molecule has 3 N–H and O–H groups in total. The third-order valence-electron chi connectivity index (χ3n) is 2.27. The summed E-state index contributed by atoms with van der Waals surface area (Å²) in [4.78, 5) is 45.1. The van der Waals surface area contributed by atoms with Crippen molar-refractivity contribution in [2.45, 2.75) is 19.1 Å². The van der Waals surface area contributed by atoms with E-state index in [4.69, 9.17) is 10.2 Å². The first-order valence-corrected chi connectivity index (χ1v) is 5.06. The number of carboxylic acid groups (broad SMARTS) is 1. The Labute approximate surface area is 102 Å². The van der Waals surface area contributed by atoms with Crippen LogP contribution in [0, 0.1) is 0 Å². The van der Waals surface area contributed by atoms with Gasteiger partial charge in [0.05, 0.1) is 6.10 Å². The Morgan fingerprint density at radius 1 is 1.33 bits per heavy atom. The molecule has 2 unspecified atom stereocenters. The SMILES string of the molecule is CC(O)C(NC(=O)CN1C(=O)C=CC1=O)C(=O)O. The number of carbonyl (C=O) groups is 4. The quantitative estimate of drug-likeness (QED) is 0.482. The first kappa shape index (κ1) is 13.8. The standard InChI is InChI=1S/C10H12N2O6/c1-5(13)9(10(17)18)11-6(14)4-12-7(15)2-3-8(12)16/h2-3,5,9,13H,4H2,1H3,(H,11,14)(H,17,18). The van der Waals surface area contributed by atoms with E-state index in [1.165, 1.54) is 6.92 Å². The molecule has 1 aliphatic heterocycles. The largest absolute Gasteiger partial charge is 0.480 e. The van der Waals surface area contributed by atoms with Crippen molar-refractivity contribution in [1.82, 2.24) is 10.2 Å². The summed E-state index contributed by atoms with van der Waals surface area (Å²) in [5, 5.41) is 19.9. The normalized spacial score (nSPS) is 17.8. The smallest absolute Gasteiger partial charge is 0.328 e. The zero-order valence-corrected chi connectivity index (χ0v) is 9.49. The molecule has 8 nitrogen and oxygen atoms in total. The summed E-state index contributed by atoms with van der Waals surface area (Å²) in [6, 6.07) is -1.49. The molecule has 0 aromatic rings. The lowest BCUT2D eigenvalue weighted by atomic mass is 10.2. The maximum absolute atomic E-state index is 11.4. The Balaban J connectivity index is 2.59. The van der Waals surface area contributed by atoms with E-state index in [1.807, 2.05) is 5.32 Å². The lowest BCUT2D eigenvalue weighted by molar-refractivity contribution is -0.145. The highest BCUT2D eigenvalue weighted by molar-refractivity contribution is 6.14. The fraction of sp³-hybridized carbons (Fsp3) is 0.400. The van der Waals surface area contributed by atoms with Crippen molar-refractivity contribution in [2.75, 3.05) is 6.54 Å². The van der Waals surface area contributed by atoms with Gasteiger partial charge in [-0.1, -0.05) is 0 Å². The number of nitrogens with zero attached hydrogens (tertiary/aromatic N) is 1. The number of hydrogen-bond acceptors (Lipinski definition) is 5. The summed E-state index contributed by atoms with van der Waals surface area (Å²) in [6.45, 7) is 0.619. The molecule has 18 heavy (non-hydrogen) atoms. The van der Waals surface area contributed by atoms with Crippen LogP contribution in [0.3, 0.4) is 0 Å². The Bertz CT molecular complexity index is 410. The first-order valence-electron chi connectivity index (χ1n) is 5.06. The van der Waals surface area contributed by atoms with Gasteiger partial charge in [-0.2, -0.15) is 0 Å². The summed E-state index contributed by atoms with van der Waals surface area (Å²) >= 11 is 0. The predicted molar refractivity (Wildman–Crippen MR) is 57.1 cm³/mol. The monoisotopic (exact) mass is 256 g/mol. The molecule has 0 radical (unpaired) electrons. The van der Waals surface area contributed by atoms with Crippen molar-refractivity contribution in [2.24, 2.45) is 0 Å². The fourth-order valence-corrected chi connectivity index (χ4v) is 1.34. The average Bonchev–Trinajstić information content (AvgIpc) is 2.56. The average molecular weight is 256 g/mol. The van der Waals surface area contributed by atoms with E-state index in [0.29, 0.717) is 4.90 Å². The number of aliphatic hydroxyl groups is 1. The van der Waals surface area contributed by atoms with Crippen LogP contribution in [0.2, 0.25) is 0 Å². The van der Waals surface area contributed by atoms with Crippen molar-refractivity contribution < 1.29 is 29.4 Å². The van der Waals surface area contributed by atoms with Crippen molar-refractivity contribution in [3.8, 4) is 0 Å². The van der Waals surface area contributed by atoms with Gasteiger partial charge < -0.3 is 15.5 Å². The summed E-state index contributed by atoms with van der Waals surface area (Å²) in [5.41, 5.74) is 0. The molecule has 0 saturated carbocycles. The Kier molecular flexibility index (Phi) is 4.16. The van der Waals surface area contributed by atoms with Crippen molar-refractivity contribution in [3.63, 3.8) is 0 Å². The van der Waals surface area contributed by atoms with E-state index in [1.54, 1.807) is 0 Å². The molecule has 98 valence electrons. The molecule has 2 atom stereocenters. The van der Waals surface area contributed by atoms with Gasteiger partial charge in [-0.15, -0.1) is 0 Å². The van der Waals surface area contributed by atoms with E-state index < -0.39 is 42.4 Å². The van der Waals surface area contributed by atoms with Crippen LogP contribution in [0.4, 0.5) is 0 Å². The second-order valence-corrected chi connectivity index (χ2v) is 3.72. The number of aliphatic hydroxyl groups excluding tert-OH is 1. The molecular formula is C10H12N2O6. The molecule has 0 saturated heterocycles. The number of hydrogen-bond donors (Lipinski definition) is 3. The van der Waals surface area contributed by atoms with Gasteiger partial charge in [-0.3, -0.25) is 19.3 Å². The van der Waals surface area contributed by atoms with Crippen LogP contribution >= 0.6 is 0 Å². The molecule has 1 aliphatic rings. The van der Waals surface area contributed by atoms with E-state index in [0.717, 1.165) is 12.2 Å². The third-order valence-corrected chi connectivity index (χ3v) is 2.27. The van der Waals surface area contributed by atoms with E-state index in [2.05, 4.69) is 0 Å². The predicted octanol–water partition coefficient (Wildman–Crippen LogP) is -2.14.